The molecule has 0 fully saturated rings. The summed E-state index contributed by atoms with van der Waals surface area (Å²) in [6, 6.07) is 6.22. The molecule has 0 saturated carbocycles. The van der Waals surface area contributed by atoms with E-state index < -0.39 is 0 Å². The first-order chi connectivity index (χ1) is 4.38. The second kappa shape index (κ2) is 1.67. The Labute approximate surface area is 58.0 Å². The highest BCUT2D eigenvalue weighted by Crippen LogP contribution is 2.42. The summed E-state index contributed by atoms with van der Waals surface area (Å²) in [5, 5.41) is 0. The highest BCUT2D eigenvalue weighted by molar-refractivity contribution is 8.00. The Morgan fingerprint density at radius 3 is 2.11 bits per heavy atom. The normalized spacial score (nSPS) is 12.6. The second-order valence-electron chi connectivity index (χ2n) is 1.95. The highest BCUT2D eigenvalue weighted by Gasteiger charge is 2.11. The van der Waals surface area contributed by atoms with E-state index in [9.17, 15) is 0 Å². The third kappa shape index (κ3) is 0.704. The Hall–Kier alpha value is -0.630. The molecule has 0 radical (unpaired) electrons. The van der Waals surface area contributed by atoms with Gasteiger partial charge in [0.2, 0.25) is 0 Å². The van der Waals surface area contributed by atoms with Crippen molar-refractivity contribution in [2.75, 3.05) is 7.11 Å². The van der Waals surface area contributed by atoms with Gasteiger partial charge in [0.15, 0.2) is 0 Å². The van der Waals surface area contributed by atoms with Gasteiger partial charge in [-0.1, -0.05) is 11.8 Å². The first-order valence-corrected chi connectivity index (χ1v) is 3.57. The van der Waals surface area contributed by atoms with Crippen molar-refractivity contribution in [3.8, 4) is 5.75 Å². The summed E-state index contributed by atoms with van der Waals surface area (Å²) in [6.45, 7) is 0. The lowest BCUT2D eigenvalue weighted by molar-refractivity contribution is 0.412. The van der Waals surface area contributed by atoms with Gasteiger partial charge >= 0.3 is 0 Å². The maximum absolute atomic E-state index is 5.02. The van der Waals surface area contributed by atoms with Gasteiger partial charge in [0.05, 0.1) is 7.11 Å². The Morgan fingerprint density at radius 2 is 1.78 bits per heavy atom. The van der Waals surface area contributed by atoms with Gasteiger partial charge in [0, 0.05) is 9.79 Å². The zero-order valence-corrected chi connectivity index (χ0v) is 5.87. The van der Waals surface area contributed by atoms with Crippen molar-refractivity contribution in [1.82, 2.24) is 0 Å². The lowest BCUT2D eigenvalue weighted by Crippen LogP contribution is -1.89. The van der Waals surface area contributed by atoms with Crippen LogP contribution in [0.2, 0.25) is 0 Å². The topological polar surface area (TPSA) is 9.23 Å². The average Bonchev–Trinajstić information content (AvgIpc) is 1.87. The average molecular weight is 138 g/mol. The molecule has 0 unspecified atom stereocenters. The number of methoxy groups -OCH3 is 1. The summed E-state index contributed by atoms with van der Waals surface area (Å²) in [5.41, 5.74) is 0. The summed E-state index contributed by atoms with van der Waals surface area (Å²) in [5.74, 6) is 0.973. The van der Waals surface area contributed by atoms with Crippen LogP contribution in [0.5, 0.6) is 5.75 Å². The van der Waals surface area contributed by atoms with E-state index in [1.54, 1.807) is 18.9 Å². The minimum atomic E-state index is 0.973. The minimum Gasteiger partial charge on any atom is -0.497 e. The number of ether oxygens (including phenoxy) is 1. The minimum absolute atomic E-state index is 0.973. The molecule has 0 N–H and O–H groups in total. The summed E-state index contributed by atoms with van der Waals surface area (Å²) >= 11 is 1.80. The van der Waals surface area contributed by atoms with Crippen LogP contribution in [0.1, 0.15) is 0 Å². The molecule has 1 nitrogen and oxygen atoms in total. The van der Waals surface area contributed by atoms with Gasteiger partial charge in [0.1, 0.15) is 5.75 Å². The van der Waals surface area contributed by atoms with Crippen LogP contribution in [-0.2, 0) is 0 Å². The second-order valence-corrected chi connectivity index (χ2v) is 3.09. The summed E-state index contributed by atoms with van der Waals surface area (Å²) < 4.78 is 5.02. The standard InChI is InChI=1S/C7H6OS/c1-8-5-2-6-4-7(3-5)9-6/h2-4H,1H3. The van der Waals surface area contributed by atoms with Crippen LogP contribution in [0.4, 0.5) is 0 Å². The number of fused-ring (bicyclic) bond motifs is 2. The molecule has 0 saturated heterocycles. The zero-order chi connectivity index (χ0) is 6.27. The maximum atomic E-state index is 5.02. The smallest absolute Gasteiger partial charge is 0.121 e. The molecule has 2 bridgehead atoms. The van der Waals surface area contributed by atoms with Crippen molar-refractivity contribution in [1.29, 1.82) is 0 Å². The van der Waals surface area contributed by atoms with Gasteiger partial charge in [-0.3, -0.25) is 0 Å². The highest BCUT2D eigenvalue weighted by atomic mass is 32.2. The van der Waals surface area contributed by atoms with Crippen molar-refractivity contribution in [2.45, 2.75) is 9.79 Å². The van der Waals surface area contributed by atoms with Crippen LogP contribution in [0.15, 0.2) is 28.0 Å². The molecule has 0 aliphatic carbocycles. The zero-order valence-electron chi connectivity index (χ0n) is 5.05. The van der Waals surface area contributed by atoms with E-state index in [1.165, 1.54) is 9.79 Å². The fourth-order valence-corrected chi connectivity index (χ4v) is 1.67. The molecule has 2 heteroatoms. The predicted molar refractivity (Wildman–Crippen MR) is 37.1 cm³/mol. The van der Waals surface area contributed by atoms with Gasteiger partial charge < -0.3 is 4.74 Å². The maximum Gasteiger partial charge on any atom is 0.121 e. The molecule has 2 heterocycles. The van der Waals surface area contributed by atoms with E-state index in [0.29, 0.717) is 0 Å². The number of rotatable bonds is 1. The molecule has 9 heavy (non-hydrogen) atoms. The van der Waals surface area contributed by atoms with E-state index in [2.05, 4.69) is 6.07 Å². The number of hydrogen-bond acceptors (Lipinski definition) is 2. The van der Waals surface area contributed by atoms with Crippen molar-refractivity contribution >= 4 is 11.8 Å². The number of hydrogen-bond donors (Lipinski definition) is 0. The van der Waals surface area contributed by atoms with Crippen molar-refractivity contribution in [3.05, 3.63) is 18.2 Å². The van der Waals surface area contributed by atoms with E-state index in [-0.39, 0.29) is 0 Å². The summed E-state index contributed by atoms with van der Waals surface area (Å²) in [6.07, 6.45) is 0. The summed E-state index contributed by atoms with van der Waals surface area (Å²) in [4.78, 5) is 2.62. The largest absolute Gasteiger partial charge is 0.497 e. The molecule has 1 aromatic carbocycles. The molecule has 3 rings (SSSR count). The first-order valence-electron chi connectivity index (χ1n) is 2.75. The van der Waals surface area contributed by atoms with Crippen LogP contribution in [0.25, 0.3) is 0 Å². The van der Waals surface area contributed by atoms with Crippen molar-refractivity contribution < 1.29 is 4.74 Å². The van der Waals surface area contributed by atoms with E-state index >= 15 is 0 Å². The van der Waals surface area contributed by atoms with Gasteiger partial charge in [-0.25, -0.2) is 0 Å². The van der Waals surface area contributed by atoms with E-state index in [1.807, 2.05) is 12.1 Å². The Kier molecular flexibility index (Phi) is 0.963. The molecule has 0 atom stereocenters. The Balaban J connectivity index is 2.47. The van der Waals surface area contributed by atoms with Crippen LogP contribution in [0.3, 0.4) is 0 Å². The Morgan fingerprint density at radius 1 is 1.22 bits per heavy atom. The van der Waals surface area contributed by atoms with Crippen molar-refractivity contribution in [3.63, 3.8) is 0 Å². The molecular formula is C7H6OS. The fourth-order valence-electron chi connectivity index (χ4n) is 0.859. The van der Waals surface area contributed by atoms with Gasteiger partial charge in [0.25, 0.3) is 0 Å². The lowest BCUT2D eigenvalue weighted by Gasteiger charge is -2.14. The monoisotopic (exact) mass is 138 g/mol. The molecule has 2 aliphatic rings. The molecule has 0 aromatic heterocycles. The van der Waals surface area contributed by atoms with E-state index in [4.69, 9.17) is 4.74 Å². The molecule has 1 aromatic rings. The SMILES string of the molecule is COc1cc2cc(c1)S2. The fraction of sp³-hybridized carbons (Fsp3) is 0.143. The summed E-state index contributed by atoms with van der Waals surface area (Å²) in [7, 11) is 1.69. The van der Waals surface area contributed by atoms with Crippen LogP contribution < -0.4 is 4.74 Å². The van der Waals surface area contributed by atoms with Gasteiger partial charge in [-0.05, 0) is 18.2 Å². The lowest BCUT2D eigenvalue weighted by atomic mass is 10.3. The Bertz CT molecular complexity index is 224. The van der Waals surface area contributed by atoms with Crippen LogP contribution >= 0.6 is 11.8 Å². The molecule has 46 valence electrons. The van der Waals surface area contributed by atoms with Gasteiger partial charge in [-0.15, -0.1) is 0 Å². The third-order valence-corrected chi connectivity index (χ3v) is 2.27. The van der Waals surface area contributed by atoms with Crippen LogP contribution in [0, 0.1) is 0 Å². The number of benzene rings is 1. The van der Waals surface area contributed by atoms with E-state index in [0.717, 1.165) is 5.75 Å². The molecule has 2 aliphatic heterocycles. The quantitative estimate of drug-likeness (QED) is 0.597. The van der Waals surface area contributed by atoms with Crippen LogP contribution in [-0.4, -0.2) is 7.11 Å². The van der Waals surface area contributed by atoms with Gasteiger partial charge in [-0.2, -0.15) is 0 Å². The molecular weight excluding hydrogens is 132 g/mol. The molecule has 0 amide bonds. The predicted octanol–water partition coefficient (Wildman–Crippen LogP) is 2.16. The van der Waals surface area contributed by atoms with Crippen molar-refractivity contribution in [2.24, 2.45) is 0 Å². The third-order valence-electron chi connectivity index (χ3n) is 1.32. The first kappa shape index (κ1) is 5.18. The molecule has 0 spiro atoms.